The molecule has 1 aromatic heterocycles. The molecule has 1 rings (SSSR count). The van der Waals surface area contributed by atoms with Crippen LogP contribution in [0.1, 0.15) is 6.42 Å². The molecule has 0 fully saturated rings. The number of aliphatic carboxylic acids is 1. The summed E-state index contributed by atoms with van der Waals surface area (Å²) in [6, 6.07) is 0. The number of hydrogen-bond donors (Lipinski definition) is 3. The lowest BCUT2D eigenvalue weighted by atomic mass is 10.2. The zero-order valence-corrected chi connectivity index (χ0v) is 9.29. The average Bonchev–Trinajstić information content (AvgIpc) is 2.67. The second kappa shape index (κ2) is 5.08. The van der Waals surface area contributed by atoms with Crippen molar-refractivity contribution in [3.05, 3.63) is 16.5 Å². The van der Waals surface area contributed by atoms with Crippen molar-refractivity contribution in [3.63, 3.8) is 0 Å². The summed E-state index contributed by atoms with van der Waals surface area (Å²) < 4.78 is 0. The highest BCUT2D eigenvalue weighted by atomic mass is 32.1. The van der Waals surface area contributed by atoms with Crippen molar-refractivity contribution in [2.24, 2.45) is 5.18 Å². The van der Waals surface area contributed by atoms with Gasteiger partial charge < -0.3 is 10.4 Å². The van der Waals surface area contributed by atoms with Crippen molar-refractivity contribution >= 4 is 35.1 Å². The van der Waals surface area contributed by atoms with E-state index < -0.39 is 10.8 Å². The molecule has 8 heteroatoms. The van der Waals surface area contributed by atoms with Gasteiger partial charge in [0.05, 0.1) is 6.54 Å². The zero-order chi connectivity index (χ0) is 11.3. The number of hydrogen-bond acceptors (Lipinski definition) is 7. The van der Waals surface area contributed by atoms with E-state index in [1.54, 1.807) is 11.6 Å². The SMILES string of the molecule is O=NCCC(S)(Nc1nccs1)C(=O)O. The van der Waals surface area contributed by atoms with Crippen LogP contribution in [0, 0.1) is 4.91 Å². The Kier molecular flexibility index (Phi) is 4.04. The van der Waals surface area contributed by atoms with E-state index in [-0.39, 0.29) is 13.0 Å². The highest BCUT2D eigenvalue weighted by Gasteiger charge is 2.34. The van der Waals surface area contributed by atoms with Crippen LogP contribution in [-0.2, 0) is 4.79 Å². The number of nitrogens with zero attached hydrogens (tertiary/aromatic N) is 2. The lowest BCUT2D eigenvalue weighted by Gasteiger charge is -2.23. The Hall–Kier alpha value is -1.15. The molecule has 1 atom stereocenters. The third kappa shape index (κ3) is 3.17. The molecule has 82 valence electrons. The summed E-state index contributed by atoms with van der Waals surface area (Å²) in [6.07, 6.45) is 1.54. The van der Waals surface area contributed by atoms with E-state index in [1.165, 1.54) is 11.3 Å². The second-order valence-electron chi connectivity index (χ2n) is 2.73. The fraction of sp³-hybridized carbons (Fsp3) is 0.429. The van der Waals surface area contributed by atoms with Crippen molar-refractivity contribution in [2.75, 3.05) is 11.9 Å². The summed E-state index contributed by atoms with van der Waals surface area (Å²) in [5, 5.41) is 16.4. The Morgan fingerprint density at radius 3 is 3.00 bits per heavy atom. The number of thiol groups is 1. The first-order chi connectivity index (χ1) is 7.08. The maximum atomic E-state index is 10.9. The highest BCUT2D eigenvalue weighted by Crippen LogP contribution is 2.24. The minimum Gasteiger partial charge on any atom is -0.479 e. The molecule has 1 aromatic rings. The lowest BCUT2D eigenvalue weighted by molar-refractivity contribution is -0.139. The van der Waals surface area contributed by atoms with Crippen molar-refractivity contribution in [1.29, 1.82) is 0 Å². The van der Waals surface area contributed by atoms with E-state index in [2.05, 4.69) is 28.1 Å². The molecule has 0 aromatic carbocycles. The molecule has 1 unspecified atom stereocenters. The Labute approximate surface area is 95.1 Å². The van der Waals surface area contributed by atoms with Crippen LogP contribution in [0.3, 0.4) is 0 Å². The standard InChI is InChI=1S/C7H9N3O3S2/c11-5(12)7(14,1-2-9-13)10-6-8-3-4-15-6/h3-4,14H,1-2H2,(H,8,10)(H,11,12). The molecule has 6 nitrogen and oxygen atoms in total. The number of carbonyl (C=O) groups is 1. The molecule has 0 spiro atoms. The fourth-order valence-corrected chi connectivity index (χ4v) is 1.78. The van der Waals surface area contributed by atoms with Gasteiger partial charge in [-0.25, -0.2) is 9.78 Å². The summed E-state index contributed by atoms with van der Waals surface area (Å²) in [4.78, 5) is 23.3. The Bertz CT molecular complexity index is 343. The predicted octanol–water partition coefficient (Wildman–Crippen LogP) is 1.42. The minimum absolute atomic E-state index is 0.00543. The molecule has 2 N–H and O–H groups in total. The largest absolute Gasteiger partial charge is 0.479 e. The summed E-state index contributed by atoms with van der Waals surface area (Å²) >= 11 is 5.25. The van der Waals surface area contributed by atoms with Gasteiger partial charge >= 0.3 is 5.97 Å². The van der Waals surface area contributed by atoms with Gasteiger partial charge in [-0.2, -0.15) is 4.91 Å². The molecule has 0 aliphatic heterocycles. The van der Waals surface area contributed by atoms with Crippen LogP contribution in [0.5, 0.6) is 0 Å². The van der Waals surface area contributed by atoms with Gasteiger partial charge in [0.25, 0.3) is 0 Å². The van der Waals surface area contributed by atoms with Crippen molar-refractivity contribution in [2.45, 2.75) is 11.3 Å². The first-order valence-corrected chi connectivity index (χ1v) is 5.34. The van der Waals surface area contributed by atoms with E-state index >= 15 is 0 Å². The van der Waals surface area contributed by atoms with E-state index in [4.69, 9.17) is 5.11 Å². The summed E-state index contributed by atoms with van der Waals surface area (Å²) in [5.41, 5.74) is 0. The first-order valence-electron chi connectivity index (χ1n) is 4.01. The van der Waals surface area contributed by atoms with Crippen LogP contribution >= 0.6 is 24.0 Å². The number of nitrogens with one attached hydrogen (secondary N) is 1. The van der Waals surface area contributed by atoms with Gasteiger partial charge in [-0.1, -0.05) is 5.18 Å². The van der Waals surface area contributed by atoms with E-state index in [0.717, 1.165) is 0 Å². The average molecular weight is 247 g/mol. The third-order valence-corrected chi connectivity index (χ3v) is 2.88. The molecular weight excluding hydrogens is 238 g/mol. The van der Waals surface area contributed by atoms with Gasteiger partial charge in [0.1, 0.15) is 0 Å². The van der Waals surface area contributed by atoms with Crippen LogP contribution in [0.2, 0.25) is 0 Å². The van der Waals surface area contributed by atoms with E-state index in [0.29, 0.717) is 5.13 Å². The molecule has 1 heterocycles. The quantitative estimate of drug-likeness (QED) is 0.402. The molecule has 0 saturated carbocycles. The summed E-state index contributed by atoms with van der Waals surface area (Å²) in [7, 11) is 0. The second-order valence-corrected chi connectivity index (χ2v) is 4.39. The Morgan fingerprint density at radius 1 is 1.80 bits per heavy atom. The highest BCUT2D eigenvalue weighted by molar-refractivity contribution is 7.82. The van der Waals surface area contributed by atoms with Crippen LogP contribution < -0.4 is 5.32 Å². The van der Waals surface area contributed by atoms with E-state index in [9.17, 15) is 9.70 Å². The normalized spacial score (nSPS) is 14.2. The number of anilines is 1. The van der Waals surface area contributed by atoms with Gasteiger partial charge in [-0.05, 0) is 0 Å². The monoisotopic (exact) mass is 247 g/mol. The topological polar surface area (TPSA) is 91.7 Å². The van der Waals surface area contributed by atoms with Crippen LogP contribution in [0.15, 0.2) is 16.8 Å². The zero-order valence-electron chi connectivity index (χ0n) is 7.58. The maximum absolute atomic E-state index is 10.9. The molecule has 0 aliphatic rings. The number of carboxylic acid groups (broad SMARTS) is 1. The van der Waals surface area contributed by atoms with Gasteiger partial charge in [0, 0.05) is 18.0 Å². The van der Waals surface area contributed by atoms with Crippen LogP contribution in [-0.4, -0.2) is 27.5 Å². The summed E-state index contributed by atoms with van der Waals surface area (Å²) in [6.45, 7) is -0.117. The number of nitroso groups, excluding NO2 is 1. The first kappa shape index (κ1) is 11.9. The fourth-order valence-electron chi connectivity index (χ4n) is 0.892. The Morgan fingerprint density at radius 2 is 2.53 bits per heavy atom. The van der Waals surface area contributed by atoms with E-state index in [1.807, 2.05) is 0 Å². The molecule has 0 saturated heterocycles. The molecule has 0 bridgehead atoms. The summed E-state index contributed by atoms with van der Waals surface area (Å²) in [5.74, 6) is -1.16. The van der Waals surface area contributed by atoms with Crippen molar-refractivity contribution < 1.29 is 9.90 Å². The van der Waals surface area contributed by atoms with Crippen LogP contribution in [0.4, 0.5) is 5.13 Å². The van der Waals surface area contributed by atoms with Crippen LogP contribution in [0.25, 0.3) is 0 Å². The van der Waals surface area contributed by atoms with Crippen molar-refractivity contribution in [3.8, 4) is 0 Å². The molecule has 0 aliphatic carbocycles. The molecule has 15 heavy (non-hydrogen) atoms. The van der Waals surface area contributed by atoms with Gasteiger partial charge in [0.15, 0.2) is 10.0 Å². The third-order valence-electron chi connectivity index (χ3n) is 1.66. The molecular formula is C7H9N3O3S2. The molecule has 0 amide bonds. The van der Waals surface area contributed by atoms with Gasteiger partial charge in [-0.3, -0.25) is 0 Å². The number of thiazole rings is 1. The Balaban J connectivity index is 2.72. The molecule has 0 radical (unpaired) electrons. The van der Waals surface area contributed by atoms with Crippen molar-refractivity contribution in [1.82, 2.24) is 4.98 Å². The smallest absolute Gasteiger partial charge is 0.339 e. The number of carboxylic acids is 1. The maximum Gasteiger partial charge on any atom is 0.339 e. The number of aromatic nitrogens is 1. The predicted molar refractivity (Wildman–Crippen MR) is 60.4 cm³/mol. The number of rotatable bonds is 6. The lowest BCUT2D eigenvalue weighted by Crippen LogP contribution is -2.41. The minimum atomic E-state index is -1.51. The van der Waals surface area contributed by atoms with Gasteiger partial charge in [-0.15, -0.1) is 24.0 Å². The van der Waals surface area contributed by atoms with Gasteiger partial charge in [0.2, 0.25) is 0 Å².